The zero-order valence-electron chi connectivity index (χ0n) is 15.0. The average Bonchev–Trinajstić information content (AvgIpc) is 2.92. The molecule has 0 saturated carbocycles. The van der Waals surface area contributed by atoms with Crippen LogP contribution in [0.25, 0.3) is 22.7 Å². The van der Waals surface area contributed by atoms with Gasteiger partial charge in [-0.15, -0.1) is 0 Å². The summed E-state index contributed by atoms with van der Waals surface area (Å²) in [5.41, 5.74) is 4.91. The van der Waals surface area contributed by atoms with E-state index in [1.165, 1.54) is 6.21 Å². The minimum atomic E-state index is 0.301. The van der Waals surface area contributed by atoms with E-state index in [-0.39, 0.29) is 0 Å². The second kappa shape index (κ2) is 6.97. The largest absolute Gasteiger partial charge is 0.493 e. The quantitative estimate of drug-likeness (QED) is 0.812. The molecule has 0 aliphatic carbocycles. The number of benzene rings is 1. The Labute approximate surface area is 148 Å². The molecule has 0 spiro atoms. The lowest BCUT2D eigenvalue weighted by Gasteiger charge is -2.13. The van der Waals surface area contributed by atoms with Gasteiger partial charge in [0.25, 0.3) is 0 Å². The van der Waals surface area contributed by atoms with Crippen LogP contribution in [0.15, 0.2) is 37.1 Å². The van der Waals surface area contributed by atoms with Crippen LogP contribution < -0.4 is 10.1 Å². The maximum Gasteiger partial charge on any atom is 0.129 e. The van der Waals surface area contributed by atoms with Gasteiger partial charge in [-0.05, 0) is 44.0 Å². The van der Waals surface area contributed by atoms with E-state index >= 15 is 0 Å². The molecule has 2 aromatic rings. The Morgan fingerprint density at radius 2 is 2.24 bits per heavy atom. The molecular weight excluding hydrogens is 312 g/mol. The molecule has 5 nitrogen and oxygen atoms in total. The number of nitrogens with zero attached hydrogens (tertiary/aromatic N) is 2. The molecule has 0 radical (unpaired) electrons. The minimum absolute atomic E-state index is 0.301. The molecule has 0 bridgehead atoms. The maximum atomic E-state index is 7.54. The highest BCUT2D eigenvalue weighted by molar-refractivity contribution is 6.08. The van der Waals surface area contributed by atoms with Crippen LogP contribution in [-0.4, -0.2) is 28.6 Å². The third kappa shape index (κ3) is 3.36. The van der Waals surface area contributed by atoms with Crippen molar-refractivity contribution < 1.29 is 4.74 Å². The van der Waals surface area contributed by atoms with Crippen LogP contribution in [0.3, 0.4) is 0 Å². The fourth-order valence-corrected chi connectivity index (χ4v) is 2.98. The van der Waals surface area contributed by atoms with Gasteiger partial charge in [0, 0.05) is 36.0 Å². The molecule has 1 aromatic heterocycles. The predicted molar refractivity (Wildman–Crippen MR) is 103 cm³/mol. The summed E-state index contributed by atoms with van der Waals surface area (Å²) in [5, 5.41) is 15.6. The first-order valence-corrected chi connectivity index (χ1v) is 8.52. The van der Waals surface area contributed by atoms with E-state index < -0.39 is 0 Å². The van der Waals surface area contributed by atoms with Crippen molar-refractivity contribution in [2.24, 2.45) is 0 Å². The van der Waals surface area contributed by atoms with E-state index in [0.29, 0.717) is 12.6 Å². The Balaban J connectivity index is 2.02. The Hall–Kier alpha value is -2.82. The fourth-order valence-electron chi connectivity index (χ4n) is 2.98. The molecule has 0 amide bonds. The number of hydrogen-bond acceptors (Lipinski definition) is 4. The molecule has 0 atom stereocenters. The van der Waals surface area contributed by atoms with E-state index in [0.717, 1.165) is 45.9 Å². The second-order valence-corrected chi connectivity index (χ2v) is 6.39. The van der Waals surface area contributed by atoms with Crippen molar-refractivity contribution in [1.29, 1.82) is 5.41 Å². The van der Waals surface area contributed by atoms with Crippen LogP contribution in [0.2, 0.25) is 0 Å². The topological polar surface area (TPSA) is 62.9 Å². The fraction of sp³-hybridized carbons (Fsp3) is 0.300. The van der Waals surface area contributed by atoms with Gasteiger partial charge in [-0.25, -0.2) is 4.68 Å². The van der Waals surface area contributed by atoms with Crippen LogP contribution in [-0.2, 0) is 6.42 Å². The Morgan fingerprint density at radius 1 is 1.44 bits per heavy atom. The third-order valence-electron chi connectivity index (χ3n) is 4.19. The number of aromatic nitrogens is 2. The molecule has 0 saturated heterocycles. The predicted octanol–water partition coefficient (Wildman–Crippen LogP) is 3.96. The molecule has 25 heavy (non-hydrogen) atoms. The van der Waals surface area contributed by atoms with Gasteiger partial charge in [-0.3, -0.25) is 0 Å². The van der Waals surface area contributed by atoms with Crippen molar-refractivity contribution in [3.05, 3.63) is 48.2 Å². The Morgan fingerprint density at radius 3 is 2.92 bits per heavy atom. The normalized spacial score (nSPS) is 13.5. The van der Waals surface area contributed by atoms with Crippen molar-refractivity contribution in [2.75, 3.05) is 6.61 Å². The molecule has 0 unspecified atom stereocenters. The van der Waals surface area contributed by atoms with E-state index in [2.05, 4.69) is 25.7 Å². The molecule has 1 aliphatic rings. The number of fused-ring (bicyclic) bond motifs is 3. The van der Waals surface area contributed by atoms with Crippen molar-refractivity contribution in [2.45, 2.75) is 33.2 Å². The first-order chi connectivity index (χ1) is 12.0. The summed E-state index contributed by atoms with van der Waals surface area (Å²) in [6, 6.07) is 6.33. The molecule has 2 N–H and O–H groups in total. The molecular formula is C20H24N4O. The van der Waals surface area contributed by atoms with Gasteiger partial charge in [0.1, 0.15) is 11.6 Å². The highest BCUT2D eigenvalue weighted by atomic mass is 16.5. The van der Waals surface area contributed by atoms with Gasteiger partial charge in [0.15, 0.2) is 0 Å². The number of rotatable bonds is 5. The lowest BCUT2D eigenvalue weighted by molar-refractivity contribution is 0.326. The SMILES string of the molecule is C=C(NC(C)C)n1cc2c(n1)-c1ccc(/C(C=N)=C/C)cc1OCC2. The summed E-state index contributed by atoms with van der Waals surface area (Å²) in [6.45, 7) is 10.8. The Bertz CT molecular complexity index is 845. The van der Waals surface area contributed by atoms with Crippen LogP contribution in [0, 0.1) is 5.41 Å². The molecule has 0 fully saturated rings. The van der Waals surface area contributed by atoms with Crippen molar-refractivity contribution >= 4 is 17.6 Å². The van der Waals surface area contributed by atoms with E-state index in [9.17, 15) is 0 Å². The first kappa shape index (κ1) is 17.0. The minimum Gasteiger partial charge on any atom is -0.493 e. The number of hydrogen-bond donors (Lipinski definition) is 2. The summed E-state index contributed by atoms with van der Waals surface area (Å²) < 4.78 is 7.75. The summed E-state index contributed by atoms with van der Waals surface area (Å²) in [5.74, 6) is 1.58. The number of ether oxygens (including phenoxy) is 1. The lowest BCUT2D eigenvalue weighted by atomic mass is 10.0. The molecule has 2 heterocycles. The highest BCUT2D eigenvalue weighted by Crippen LogP contribution is 2.36. The molecule has 5 heteroatoms. The van der Waals surface area contributed by atoms with Gasteiger partial charge < -0.3 is 15.5 Å². The van der Waals surface area contributed by atoms with Crippen molar-refractivity contribution in [1.82, 2.24) is 15.1 Å². The second-order valence-electron chi connectivity index (χ2n) is 6.39. The van der Waals surface area contributed by atoms with Gasteiger partial charge in [-0.2, -0.15) is 5.10 Å². The van der Waals surface area contributed by atoms with E-state index in [1.807, 2.05) is 42.1 Å². The highest BCUT2D eigenvalue weighted by Gasteiger charge is 2.20. The maximum absolute atomic E-state index is 7.54. The van der Waals surface area contributed by atoms with Gasteiger partial charge in [0.2, 0.25) is 0 Å². The Kier molecular flexibility index (Phi) is 4.74. The first-order valence-electron chi connectivity index (χ1n) is 8.52. The summed E-state index contributed by atoms with van der Waals surface area (Å²) in [7, 11) is 0. The van der Waals surface area contributed by atoms with Crippen molar-refractivity contribution in [3.8, 4) is 17.0 Å². The smallest absolute Gasteiger partial charge is 0.129 e. The summed E-state index contributed by atoms with van der Waals surface area (Å²) in [4.78, 5) is 0. The van der Waals surface area contributed by atoms with Gasteiger partial charge in [-0.1, -0.05) is 18.7 Å². The van der Waals surface area contributed by atoms with E-state index in [4.69, 9.17) is 15.2 Å². The number of nitrogens with one attached hydrogen (secondary N) is 2. The number of allylic oxidation sites excluding steroid dienone is 2. The molecule has 1 aliphatic heterocycles. The van der Waals surface area contributed by atoms with Crippen LogP contribution in [0.4, 0.5) is 0 Å². The molecule has 3 rings (SSSR count). The zero-order chi connectivity index (χ0) is 18.0. The van der Waals surface area contributed by atoms with Crippen LogP contribution >= 0.6 is 0 Å². The van der Waals surface area contributed by atoms with Crippen LogP contribution in [0.1, 0.15) is 31.9 Å². The molecule has 130 valence electrons. The lowest BCUT2D eigenvalue weighted by Crippen LogP contribution is -2.24. The van der Waals surface area contributed by atoms with Gasteiger partial charge >= 0.3 is 0 Å². The molecule has 1 aromatic carbocycles. The van der Waals surface area contributed by atoms with Crippen molar-refractivity contribution in [3.63, 3.8) is 0 Å². The van der Waals surface area contributed by atoms with E-state index in [1.54, 1.807) is 0 Å². The van der Waals surface area contributed by atoms with Crippen LogP contribution in [0.5, 0.6) is 5.75 Å². The van der Waals surface area contributed by atoms with Gasteiger partial charge in [0.05, 0.1) is 12.3 Å². The standard InChI is InChI=1S/C20H24N4O/c1-5-15(11-21)16-6-7-18-19(10-16)25-9-8-17-12-24(23-20(17)18)14(4)22-13(2)3/h5-7,10-13,21-22H,4,8-9H2,1-3H3/b15-5+,21-11?. The third-order valence-corrected chi connectivity index (χ3v) is 4.19. The zero-order valence-corrected chi connectivity index (χ0v) is 15.0. The average molecular weight is 336 g/mol. The summed E-state index contributed by atoms with van der Waals surface area (Å²) >= 11 is 0. The summed E-state index contributed by atoms with van der Waals surface area (Å²) in [6.07, 6.45) is 6.11. The monoisotopic (exact) mass is 336 g/mol.